The normalized spacial score (nSPS) is 10.7. The van der Waals surface area contributed by atoms with Crippen LogP contribution in [0.1, 0.15) is 11.1 Å². The summed E-state index contributed by atoms with van der Waals surface area (Å²) in [5.41, 5.74) is 2.12. The number of rotatable bonds is 7. The number of hydrogen-bond donors (Lipinski definition) is 1. The number of methoxy groups -OCH3 is 1. The van der Waals surface area contributed by atoms with E-state index in [0.717, 1.165) is 12.1 Å². The second-order valence-corrected chi connectivity index (χ2v) is 4.45. The van der Waals surface area contributed by atoms with Gasteiger partial charge in [-0.1, -0.05) is 36.4 Å². The van der Waals surface area contributed by atoms with E-state index in [-0.39, 0.29) is 5.75 Å². The van der Waals surface area contributed by atoms with Crippen LogP contribution in [0.4, 0.5) is 8.78 Å². The first-order chi connectivity index (χ1) is 10.2. The molecule has 5 heteroatoms. The summed E-state index contributed by atoms with van der Waals surface area (Å²) >= 11 is 0. The molecular weight excluding hydrogens is 276 g/mol. The molecule has 2 rings (SSSR count). The lowest BCUT2D eigenvalue weighted by Gasteiger charge is -2.12. The summed E-state index contributed by atoms with van der Waals surface area (Å²) < 4.78 is 33.9. The van der Waals surface area contributed by atoms with Crippen LogP contribution in [-0.2, 0) is 13.1 Å². The van der Waals surface area contributed by atoms with Crippen LogP contribution in [0.3, 0.4) is 0 Å². The molecule has 0 atom stereocenters. The van der Waals surface area contributed by atoms with Crippen LogP contribution in [0.5, 0.6) is 11.5 Å². The van der Waals surface area contributed by atoms with E-state index < -0.39 is 6.61 Å². The highest BCUT2D eigenvalue weighted by Gasteiger charge is 2.10. The zero-order chi connectivity index (χ0) is 15.1. The first kappa shape index (κ1) is 15.3. The van der Waals surface area contributed by atoms with Crippen LogP contribution >= 0.6 is 0 Å². The van der Waals surface area contributed by atoms with E-state index in [4.69, 9.17) is 4.74 Å². The van der Waals surface area contributed by atoms with E-state index in [9.17, 15) is 8.78 Å². The monoisotopic (exact) mass is 293 g/mol. The Bertz CT molecular complexity index is 561. The van der Waals surface area contributed by atoms with Gasteiger partial charge in [0.25, 0.3) is 0 Å². The lowest BCUT2D eigenvalue weighted by molar-refractivity contribution is -0.0512. The molecule has 0 unspecified atom stereocenters. The second kappa shape index (κ2) is 7.59. The van der Waals surface area contributed by atoms with Crippen LogP contribution in [0.15, 0.2) is 48.5 Å². The molecule has 112 valence electrons. The van der Waals surface area contributed by atoms with Crippen molar-refractivity contribution in [2.75, 3.05) is 7.11 Å². The molecule has 2 aromatic rings. The summed E-state index contributed by atoms with van der Waals surface area (Å²) in [4.78, 5) is 0. The predicted octanol–water partition coefficient (Wildman–Crippen LogP) is 3.59. The molecule has 3 nitrogen and oxygen atoms in total. The molecule has 0 radical (unpaired) electrons. The fourth-order valence-electron chi connectivity index (χ4n) is 1.96. The molecule has 0 fully saturated rings. The Kier molecular flexibility index (Phi) is 5.51. The van der Waals surface area contributed by atoms with Gasteiger partial charge in [-0.15, -0.1) is 0 Å². The van der Waals surface area contributed by atoms with Crippen molar-refractivity contribution in [2.24, 2.45) is 0 Å². The Labute approximate surface area is 122 Å². The molecule has 0 aromatic heterocycles. The topological polar surface area (TPSA) is 30.5 Å². The first-order valence-electron chi connectivity index (χ1n) is 6.55. The van der Waals surface area contributed by atoms with Gasteiger partial charge in [0.15, 0.2) is 11.5 Å². The molecule has 0 aliphatic heterocycles. The Hall–Kier alpha value is -2.14. The van der Waals surface area contributed by atoms with Crippen LogP contribution in [-0.4, -0.2) is 13.7 Å². The molecule has 0 bridgehead atoms. The van der Waals surface area contributed by atoms with Crippen LogP contribution in [0.2, 0.25) is 0 Å². The van der Waals surface area contributed by atoms with Gasteiger partial charge in [0.2, 0.25) is 0 Å². The van der Waals surface area contributed by atoms with Gasteiger partial charge in [-0.05, 0) is 23.3 Å². The minimum Gasteiger partial charge on any atom is -0.493 e. The molecule has 0 amide bonds. The average molecular weight is 293 g/mol. The molecule has 1 N–H and O–H groups in total. The van der Waals surface area contributed by atoms with Gasteiger partial charge >= 0.3 is 6.61 Å². The molecule has 0 saturated carbocycles. The Morgan fingerprint density at radius 1 is 0.952 bits per heavy atom. The van der Waals surface area contributed by atoms with E-state index in [1.54, 1.807) is 12.1 Å². The molecule has 2 aromatic carbocycles. The van der Waals surface area contributed by atoms with Gasteiger partial charge < -0.3 is 14.8 Å². The van der Waals surface area contributed by atoms with E-state index in [1.165, 1.54) is 18.7 Å². The third-order valence-electron chi connectivity index (χ3n) is 2.95. The minimum absolute atomic E-state index is 0.0410. The number of ether oxygens (including phenoxy) is 2. The molecule has 21 heavy (non-hydrogen) atoms. The van der Waals surface area contributed by atoms with E-state index >= 15 is 0 Å². The summed E-state index contributed by atoms with van der Waals surface area (Å²) in [6.07, 6.45) is 0. The maximum Gasteiger partial charge on any atom is 0.387 e. The smallest absolute Gasteiger partial charge is 0.387 e. The molecule has 0 aliphatic rings. The van der Waals surface area contributed by atoms with Gasteiger partial charge in [0.05, 0.1) is 7.11 Å². The zero-order valence-electron chi connectivity index (χ0n) is 11.7. The first-order valence-corrected chi connectivity index (χ1v) is 6.55. The third kappa shape index (κ3) is 4.72. The highest BCUT2D eigenvalue weighted by Crippen LogP contribution is 2.29. The Balaban J connectivity index is 1.94. The van der Waals surface area contributed by atoms with Gasteiger partial charge in [0.1, 0.15) is 0 Å². The molecule has 0 spiro atoms. The van der Waals surface area contributed by atoms with Crippen LogP contribution in [0.25, 0.3) is 0 Å². The van der Waals surface area contributed by atoms with Crippen molar-refractivity contribution < 1.29 is 18.3 Å². The summed E-state index contributed by atoms with van der Waals surface area (Å²) in [6.45, 7) is -1.51. The number of benzene rings is 2. The predicted molar refractivity (Wildman–Crippen MR) is 76.6 cm³/mol. The highest BCUT2D eigenvalue weighted by molar-refractivity contribution is 5.43. The van der Waals surface area contributed by atoms with Crippen molar-refractivity contribution in [3.05, 3.63) is 59.7 Å². The lowest BCUT2D eigenvalue weighted by atomic mass is 10.2. The molecule has 0 aliphatic carbocycles. The van der Waals surface area contributed by atoms with Gasteiger partial charge in [-0.25, -0.2) is 0 Å². The van der Waals surface area contributed by atoms with Crippen molar-refractivity contribution in [1.82, 2.24) is 5.32 Å². The fourth-order valence-corrected chi connectivity index (χ4v) is 1.96. The van der Waals surface area contributed by atoms with E-state index in [0.29, 0.717) is 12.3 Å². The largest absolute Gasteiger partial charge is 0.493 e. The molecular formula is C16H17F2NO2. The fraction of sp³-hybridized carbons (Fsp3) is 0.250. The number of alkyl halides is 2. The summed E-state index contributed by atoms with van der Waals surface area (Å²) in [5, 5.41) is 3.29. The Morgan fingerprint density at radius 3 is 2.33 bits per heavy atom. The maximum atomic E-state index is 12.2. The van der Waals surface area contributed by atoms with Crippen LogP contribution in [0, 0.1) is 0 Å². The summed E-state index contributed by atoms with van der Waals surface area (Å²) in [7, 11) is 1.43. The van der Waals surface area contributed by atoms with Crippen molar-refractivity contribution in [3.63, 3.8) is 0 Å². The van der Waals surface area contributed by atoms with Gasteiger partial charge in [-0.3, -0.25) is 0 Å². The summed E-state index contributed by atoms with van der Waals surface area (Å²) in [6, 6.07) is 14.9. The van der Waals surface area contributed by atoms with Gasteiger partial charge in [0, 0.05) is 13.1 Å². The van der Waals surface area contributed by atoms with Crippen molar-refractivity contribution >= 4 is 0 Å². The number of nitrogens with one attached hydrogen (secondary N) is 1. The van der Waals surface area contributed by atoms with E-state index in [1.807, 2.05) is 30.3 Å². The second-order valence-electron chi connectivity index (χ2n) is 4.45. The zero-order valence-corrected chi connectivity index (χ0v) is 11.7. The quantitative estimate of drug-likeness (QED) is 0.846. The third-order valence-corrected chi connectivity index (χ3v) is 2.95. The van der Waals surface area contributed by atoms with Crippen molar-refractivity contribution in [2.45, 2.75) is 19.7 Å². The average Bonchev–Trinajstić information content (AvgIpc) is 2.49. The standard InChI is InChI=1S/C16H17F2NO2/c1-20-15-9-13(7-8-14(15)21-16(17)18)11-19-10-12-5-3-2-4-6-12/h2-9,16,19H,10-11H2,1H3. The minimum atomic E-state index is -2.86. The van der Waals surface area contributed by atoms with Crippen LogP contribution < -0.4 is 14.8 Å². The van der Waals surface area contributed by atoms with E-state index in [2.05, 4.69) is 10.1 Å². The molecule has 0 saturated heterocycles. The van der Waals surface area contributed by atoms with Crippen molar-refractivity contribution in [3.8, 4) is 11.5 Å². The number of halogens is 2. The Morgan fingerprint density at radius 2 is 1.67 bits per heavy atom. The SMILES string of the molecule is COc1cc(CNCc2ccccc2)ccc1OC(F)F. The summed E-state index contributed by atoms with van der Waals surface area (Å²) in [5.74, 6) is 0.341. The lowest BCUT2D eigenvalue weighted by Crippen LogP contribution is -2.12. The molecule has 0 heterocycles. The maximum absolute atomic E-state index is 12.2. The van der Waals surface area contributed by atoms with Gasteiger partial charge in [-0.2, -0.15) is 8.78 Å². The van der Waals surface area contributed by atoms with Crippen molar-refractivity contribution in [1.29, 1.82) is 0 Å². The highest BCUT2D eigenvalue weighted by atomic mass is 19.3. The number of hydrogen-bond acceptors (Lipinski definition) is 3.